The van der Waals surface area contributed by atoms with Gasteiger partial charge in [-0.2, -0.15) is 0 Å². The number of nitrogens with two attached hydrogens (primary N) is 1. The van der Waals surface area contributed by atoms with Gasteiger partial charge >= 0.3 is 0 Å². The second kappa shape index (κ2) is 4.91. The Balaban J connectivity index is 1.76. The molecular weight excluding hydrogens is 266 g/mol. The highest BCUT2D eigenvalue weighted by molar-refractivity contribution is 5.80. The summed E-state index contributed by atoms with van der Waals surface area (Å²) in [5.41, 5.74) is 8.14. The molecule has 2 aromatic rings. The Kier molecular flexibility index (Phi) is 3.03. The molecule has 2 aliphatic rings. The Morgan fingerprint density at radius 3 is 2.48 bits per heavy atom. The molecule has 0 saturated heterocycles. The zero-order chi connectivity index (χ0) is 14.3. The number of imidazole rings is 1. The van der Waals surface area contributed by atoms with Crippen LogP contribution in [0, 0.1) is 0 Å². The van der Waals surface area contributed by atoms with E-state index in [1.54, 1.807) is 0 Å². The van der Waals surface area contributed by atoms with Crippen LogP contribution in [0.1, 0.15) is 44.3 Å². The SMILES string of the molecule is NC1(c2nc3cc4c(cc3[nH]2)OCCCO4)CCCCC1. The molecule has 5 nitrogen and oxygen atoms in total. The summed E-state index contributed by atoms with van der Waals surface area (Å²) in [4.78, 5) is 8.14. The van der Waals surface area contributed by atoms with Gasteiger partial charge in [-0.3, -0.25) is 0 Å². The maximum Gasteiger partial charge on any atom is 0.163 e. The lowest BCUT2D eigenvalue weighted by Crippen LogP contribution is -2.39. The van der Waals surface area contributed by atoms with Crippen LogP contribution in [0.5, 0.6) is 11.5 Å². The van der Waals surface area contributed by atoms with Gasteiger partial charge in [-0.1, -0.05) is 19.3 Å². The number of H-pyrrole nitrogens is 1. The van der Waals surface area contributed by atoms with Gasteiger partial charge in [0.1, 0.15) is 5.82 Å². The fraction of sp³-hybridized carbons (Fsp3) is 0.562. The molecule has 0 unspecified atom stereocenters. The van der Waals surface area contributed by atoms with Crippen molar-refractivity contribution in [2.75, 3.05) is 13.2 Å². The third kappa shape index (κ3) is 2.25. The zero-order valence-electron chi connectivity index (χ0n) is 12.2. The number of hydrogen-bond donors (Lipinski definition) is 2. The van der Waals surface area contributed by atoms with Crippen molar-refractivity contribution < 1.29 is 9.47 Å². The van der Waals surface area contributed by atoms with Crippen molar-refractivity contribution >= 4 is 11.0 Å². The topological polar surface area (TPSA) is 73.2 Å². The number of benzene rings is 1. The standard InChI is InChI=1S/C16H21N3O2/c17-16(5-2-1-3-6-16)15-18-11-9-13-14(10-12(11)19-15)21-8-4-7-20-13/h9-10H,1-8,17H2,(H,18,19). The zero-order valence-corrected chi connectivity index (χ0v) is 12.2. The average Bonchev–Trinajstić information content (AvgIpc) is 2.78. The smallest absolute Gasteiger partial charge is 0.163 e. The van der Waals surface area contributed by atoms with Crippen LogP contribution < -0.4 is 15.2 Å². The summed E-state index contributed by atoms with van der Waals surface area (Å²) in [6, 6.07) is 3.95. The van der Waals surface area contributed by atoms with E-state index in [0.29, 0.717) is 13.2 Å². The van der Waals surface area contributed by atoms with Crippen molar-refractivity contribution in [2.45, 2.75) is 44.1 Å². The molecule has 0 amide bonds. The van der Waals surface area contributed by atoms with Gasteiger partial charge in [0.15, 0.2) is 11.5 Å². The van der Waals surface area contributed by atoms with Gasteiger partial charge in [0.25, 0.3) is 0 Å². The molecule has 3 N–H and O–H groups in total. The maximum atomic E-state index is 6.57. The van der Waals surface area contributed by atoms with Crippen LogP contribution in [0.4, 0.5) is 0 Å². The Hall–Kier alpha value is -1.75. The summed E-state index contributed by atoms with van der Waals surface area (Å²) >= 11 is 0. The van der Waals surface area contributed by atoms with Gasteiger partial charge in [0.2, 0.25) is 0 Å². The largest absolute Gasteiger partial charge is 0.489 e. The van der Waals surface area contributed by atoms with Crippen molar-refractivity contribution in [3.63, 3.8) is 0 Å². The number of nitrogens with one attached hydrogen (secondary N) is 1. The van der Waals surface area contributed by atoms with Crippen molar-refractivity contribution in [2.24, 2.45) is 5.73 Å². The lowest BCUT2D eigenvalue weighted by molar-refractivity contribution is 0.289. The predicted molar refractivity (Wildman–Crippen MR) is 80.7 cm³/mol. The minimum absolute atomic E-state index is 0.309. The number of ether oxygens (including phenoxy) is 2. The molecule has 5 heteroatoms. The molecule has 0 bridgehead atoms. The van der Waals surface area contributed by atoms with E-state index in [9.17, 15) is 0 Å². The third-order valence-electron chi connectivity index (χ3n) is 4.57. The number of rotatable bonds is 1. The lowest BCUT2D eigenvalue weighted by Gasteiger charge is -2.31. The van der Waals surface area contributed by atoms with Crippen LogP contribution in [0.15, 0.2) is 12.1 Å². The molecule has 0 spiro atoms. The van der Waals surface area contributed by atoms with Crippen LogP contribution in [-0.4, -0.2) is 23.2 Å². The lowest BCUT2D eigenvalue weighted by atomic mass is 9.82. The normalized spacial score (nSPS) is 21.2. The third-order valence-corrected chi connectivity index (χ3v) is 4.57. The molecule has 0 radical (unpaired) electrons. The fourth-order valence-electron chi connectivity index (χ4n) is 3.32. The molecule has 1 aliphatic heterocycles. The van der Waals surface area contributed by atoms with Gasteiger partial charge in [-0.15, -0.1) is 0 Å². The van der Waals surface area contributed by atoms with Gasteiger partial charge in [0.05, 0.1) is 29.8 Å². The Labute approximate surface area is 123 Å². The molecule has 1 fully saturated rings. The molecule has 4 rings (SSSR count). The highest BCUT2D eigenvalue weighted by atomic mass is 16.5. The molecule has 112 valence electrons. The van der Waals surface area contributed by atoms with Crippen LogP contribution in [0.3, 0.4) is 0 Å². The van der Waals surface area contributed by atoms with E-state index in [1.807, 2.05) is 12.1 Å². The molecule has 1 saturated carbocycles. The molecular formula is C16H21N3O2. The number of aromatic nitrogens is 2. The number of fused-ring (bicyclic) bond motifs is 2. The van der Waals surface area contributed by atoms with E-state index in [4.69, 9.17) is 20.2 Å². The molecule has 1 aromatic carbocycles. The van der Waals surface area contributed by atoms with Crippen molar-refractivity contribution in [1.29, 1.82) is 0 Å². The van der Waals surface area contributed by atoms with Crippen LogP contribution in [0.2, 0.25) is 0 Å². The quantitative estimate of drug-likeness (QED) is 0.846. The number of aromatic amines is 1. The molecule has 0 atom stereocenters. The summed E-state index contributed by atoms with van der Waals surface area (Å²) in [7, 11) is 0. The number of nitrogens with zero attached hydrogens (tertiary/aromatic N) is 1. The van der Waals surface area contributed by atoms with E-state index in [1.165, 1.54) is 19.3 Å². The first-order valence-electron chi connectivity index (χ1n) is 7.83. The summed E-state index contributed by atoms with van der Waals surface area (Å²) < 4.78 is 11.5. The highest BCUT2D eigenvalue weighted by Gasteiger charge is 2.32. The highest BCUT2D eigenvalue weighted by Crippen LogP contribution is 2.37. The molecule has 1 aliphatic carbocycles. The Bertz CT molecular complexity index is 616. The van der Waals surface area contributed by atoms with Crippen molar-refractivity contribution in [3.05, 3.63) is 18.0 Å². The van der Waals surface area contributed by atoms with Gasteiger partial charge in [-0.25, -0.2) is 4.98 Å². The first-order chi connectivity index (χ1) is 10.2. The molecule has 2 heterocycles. The van der Waals surface area contributed by atoms with Crippen LogP contribution >= 0.6 is 0 Å². The summed E-state index contributed by atoms with van der Waals surface area (Å²) in [6.45, 7) is 1.39. The predicted octanol–water partition coefficient (Wildman–Crippen LogP) is 2.84. The van der Waals surface area contributed by atoms with Gasteiger partial charge < -0.3 is 20.2 Å². The summed E-state index contributed by atoms with van der Waals surface area (Å²) in [5, 5.41) is 0. The van der Waals surface area contributed by atoms with E-state index < -0.39 is 0 Å². The van der Waals surface area contributed by atoms with Crippen molar-refractivity contribution in [1.82, 2.24) is 9.97 Å². The first kappa shape index (κ1) is 13.0. The van der Waals surface area contributed by atoms with Crippen LogP contribution in [0.25, 0.3) is 11.0 Å². The van der Waals surface area contributed by atoms with Gasteiger partial charge in [-0.05, 0) is 12.8 Å². The summed E-state index contributed by atoms with van der Waals surface area (Å²) in [5.74, 6) is 2.48. The fourth-order valence-corrected chi connectivity index (χ4v) is 3.32. The minimum Gasteiger partial charge on any atom is -0.489 e. The maximum absolute atomic E-state index is 6.57. The van der Waals surface area contributed by atoms with E-state index >= 15 is 0 Å². The van der Waals surface area contributed by atoms with Crippen molar-refractivity contribution in [3.8, 4) is 11.5 Å². The average molecular weight is 287 g/mol. The van der Waals surface area contributed by atoms with Gasteiger partial charge in [0, 0.05) is 18.6 Å². The minimum atomic E-state index is -0.309. The van der Waals surface area contributed by atoms with E-state index in [-0.39, 0.29) is 5.54 Å². The second-order valence-corrected chi connectivity index (χ2v) is 6.17. The van der Waals surface area contributed by atoms with Crippen LogP contribution in [-0.2, 0) is 5.54 Å². The Morgan fingerprint density at radius 1 is 1.00 bits per heavy atom. The Morgan fingerprint density at radius 2 is 1.71 bits per heavy atom. The summed E-state index contributed by atoms with van der Waals surface area (Å²) in [6.07, 6.45) is 6.54. The molecule has 21 heavy (non-hydrogen) atoms. The first-order valence-corrected chi connectivity index (χ1v) is 7.83. The molecule has 1 aromatic heterocycles. The monoisotopic (exact) mass is 287 g/mol. The number of hydrogen-bond acceptors (Lipinski definition) is 4. The van der Waals surface area contributed by atoms with E-state index in [0.717, 1.165) is 47.6 Å². The van der Waals surface area contributed by atoms with E-state index in [2.05, 4.69) is 4.98 Å². The second-order valence-electron chi connectivity index (χ2n) is 6.17.